The van der Waals surface area contributed by atoms with Crippen LogP contribution in [0.1, 0.15) is 51.4 Å². The van der Waals surface area contributed by atoms with Gasteiger partial charge in [0.15, 0.2) is 5.82 Å². The number of fused-ring (bicyclic) bond motifs is 1. The average Bonchev–Trinajstić information content (AvgIpc) is 2.76. The van der Waals surface area contributed by atoms with E-state index in [2.05, 4.69) is 18.8 Å². The Morgan fingerprint density at radius 2 is 2.14 bits per heavy atom. The monoisotopic (exact) mass is 312 g/mol. The van der Waals surface area contributed by atoms with Crippen LogP contribution in [0.15, 0.2) is 12.1 Å². The molecule has 1 atom stereocenters. The van der Waals surface area contributed by atoms with Gasteiger partial charge >= 0.3 is 0 Å². The van der Waals surface area contributed by atoms with Crippen LogP contribution in [-0.2, 0) is 5.88 Å². The molecule has 0 N–H and O–H groups in total. The summed E-state index contributed by atoms with van der Waals surface area (Å²) in [7, 11) is 0. The number of hydrogen-bond donors (Lipinski definition) is 0. The number of benzene rings is 1. The lowest BCUT2D eigenvalue weighted by atomic mass is 9.75. The second kappa shape index (κ2) is 5.24. The highest BCUT2D eigenvalue weighted by Crippen LogP contribution is 2.42. The Balaban J connectivity index is 2.16. The minimum Gasteiger partial charge on any atom is -0.324 e. The molecule has 1 aromatic carbocycles. The zero-order chi connectivity index (χ0) is 15.2. The molecule has 0 amide bonds. The van der Waals surface area contributed by atoms with Gasteiger partial charge in [0.05, 0.1) is 11.4 Å². The van der Waals surface area contributed by atoms with Crippen molar-refractivity contribution >= 4 is 22.6 Å². The summed E-state index contributed by atoms with van der Waals surface area (Å²) in [4.78, 5) is 4.28. The molecular formula is C16H19ClF2N2. The van der Waals surface area contributed by atoms with E-state index in [4.69, 9.17) is 11.6 Å². The number of hydrogen-bond acceptors (Lipinski definition) is 1. The van der Waals surface area contributed by atoms with Crippen LogP contribution >= 0.6 is 11.6 Å². The van der Waals surface area contributed by atoms with E-state index in [1.54, 1.807) is 0 Å². The Morgan fingerprint density at radius 1 is 1.38 bits per heavy atom. The minimum absolute atomic E-state index is 0.201. The molecule has 1 aliphatic rings. The fourth-order valence-electron chi connectivity index (χ4n) is 3.55. The Morgan fingerprint density at radius 3 is 2.81 bits per heavy atom. The summed E-state index contributed by atoms with van der Waals surface area (Å²) in [5, 5.41) is 0. The lowest BCUT2D eigenvalue weighted by Crippen LogP contribution is -2.25. The number of imidazole rings is 1. The van der Waals surface area contributed by atoms with Crippen molar-refractivity contribution in [1.82, 2.24) is 9.55 Å². The fraction of sp³-hybridized carbons (Fsp3) is 0.562. The summed E-state index contributed by atoms with van der Waals surface area (Å²) in [6.45, 7) is 4.47. The van der Waals surface area contributed by atoms with Gasteiger partial charge in [-0.05, 0) is 30.7 Å². The third-order valence-corrected chi connectivity index (χ3v) is 4.69. The standard InChI is InChI=1S/C16H19ClF2N2/c1-16(2)5-3-4-11(8-16)21-13-7-10(18)6-12(19)15(13)20-14(21)9-17/h6-7,11H,3-5,8-9H2,1-2H3. The molecule has 1 saturated carbocycles. The summed E-state index contributed by atoms with van der Waals surface area (Å²) >= 11 is 5.99. The first-order chi connectivity index (χ1) is 9.91. The maximum absolute atomic E-state index is 13.9. The van der Waals surface area contributed by atoms with E-state index in [9.17, 15) is 8.78 Å². The first-order valence-corrected chi connectivity index (χ1v) is 7.86. The van der Waals surface area contributed by atoms with Crippen LogP contribution in [0.2, 0.25) is 0 Å². The third kappa shape index (κ3) is 2.66. The Hall–Kier alpha value is -1.16. The maximum Gasteiger partial charge on any atom is 0.153 e. The van der Waals surface area contributed by atoms with E-state index in [-0.39, 0.29) is 22.9 Å². The van der Waals surface area contributed by atoms with Crippen molar-refractivity contribution < 1.29 is 8.78 Å². The van der Waals surface area contributed by atoms with Crippen LogP contribution in [0, 0.1) is 17.0 Å². The fourth-order valence-corrected chi connectivity index (χ4v) is 3.74. The van der Waals surface area contributed by atoms with Gasteiger partial charge in [-0.25, -0.2) is 13.8 Å². The van der Waals surface area contributed by atoms with Crippen molar-refractivity contribution in [2.75, 3.05) is 0 Å². The molecule has 114 valence electrons. The van der Waals surface area contributed by atoms with Crippen LogP contribution in [0.25, 0.3) is 11.0 Å². The van der Waals surface area contributed by atoms with Crippen LogP contribution in [0.4, 0.5) is 8.78 Å². The molecule has 1 unspecified atom stereocenters. The molecule has 5 heteroatoms. The smallest absolute Gasteiger partial charge is 0.153 e. The van der Waals surface area contributed by atoms with E-state index in [1.165, 1.54) is 12.5 Å². The van der Waals surface area contributed by atoms with E-state index in [0.29, 0.717) is 11.3 Å². The zero-order valence-corrected chi connectivity index (χ0v) is 13.1. The van der Waals surface area contributed by atoms with Crippen LogP contribution in [0.3, 0.4) is 0 Å². The first-order valence-electron chi connectivity index (χ1n) is 7.33. The predicted molar refractivity (Wildman–Crippen MR) is 80.5 cm³/mol. The van der Waals surface area contributed by atoms with E-state index >= 15 is 0 Å². The average molecular weight is 313 g/mol. The van der Waals surface area contributed by atoms with Crippen molar-refractivity contribution in [3.8, 4) is 0 Å². The molecule has 2 nitrogen and oxygen atoms in total. The summed E-state index contributed by atoms with van der Waals surface area (Å²) < 4.78 is 29.5. The molecule has 0 spiro atoms. The molecule has 21 heavy (non-hydrogen) atoms. The van der Waals surface area contributed by atoms with E-state index < -0.39 is 11.6 Å². The van der Waals surface area contributed by atoms with Gasteiger partial charge < -0.3 is 4.57 Å². The lowest BCUT2D eigenvalue weighted by molar-refractivity contribution is 0.184. The predicted octanol–water partition coefficient (Wildman–Crippen LogP) is 5.19. The van der Waals surface area contributed by atoms with Crippen molar-refractivity contribution in [3.05, 3.63) is 29.6 Å². The van der Waals surface area contributed by atoms with Gasteiger partial charge in [0.1, 0.15) is 17.2 Å². The Labute approximate surface area is 128 Å². The molecule has 0 saturated heterocycles. The lowest BCUT2D eigenvalue weighted by Gasteiger charge is -2.36. The summed E-state index contributed by atoms with van der Waals surface area (Å²) in [5.41, 5.74) is 0.968. The van der Waals surface area contributed by atoms with Gasteiger partial charge in [0, 0.05) is 12.1 Å². The highest BCUT2D eigenvalue weighted by Gasteiger charge is 2.31. The molecule has 0 radical (unpaired) electrons. The van der Waals surface area contributed by atoms with Crippen molar-refractivity contribution in [2.45, 2.75) is 51.5 Å². The number of aromatic nitrogens is 2. The number of nitrogens with zero attached hydrogens (tertiary/aromatic N) is 2. The second-order valence-electron chi connectivity index (χ2n) is 6.70. The molecule has 1 heterocycles. The van der Waals surface area contributed by atoms with Gasteiger partial charge in [0.25, 0.3) is 0 Å². The molecular weight excluding hydrogens is 294 g/mol. The number of halogens is 3. The normalized spacial score (nSPS) is 21.9. The highest BCUT2D eigenvalue weighted by molar-refractivity contribution is 6.16. The van der Waals surface area contributed by atoms with Crippen molar-refractivity contribution in [2.24, 2.45) is 5.41 Å². The van der Waals surface area contributed by atoms with Gasteiger partial charge in [-0.1, -0.05) is 20.3 Å². The Bertz CT molecular complexity index is 678. The minimum atomic E-state index is -0.620. The first kappa shape index (κ1) is 14.8. The molecule has 0 bridgehead atoms. The van der Waals surface area contributed by atoms with E-state index in [0.717, 1.165) is 25.3 Å². The summed E-state index contributed by atoms with van der Waals surface area (Å²) in [5.74, 6) is -0.367. The summed E-state index contributed by atoms with van der Waals surface area (Å²) in [6, 6.07) is 2.44. The van der Waals surface area contributed by atoms with Crippen LogP contribution in [0.5, 0.6) is 0 Å². The topological polar surface area (TPSA) is 17.8 Å². The SMILES string of the molecule is CC1(C)CCCC(n2c(CCl)nc3c(F)cc(F)cc32)C1. The molecule has 2 aromatic rings. The third-order valence-electron chi connectivity index (χ3n) is 4.45. The maximum atomic E-state index is 13.9. The number of alkyl halides is 1. The molecule has 3 rings (SSSR count). The zero-order valence-electron chi connectivity index (χ0n) is 12.3. The van der Waals surface area contributed by atoms with Gasteiger partial charge in [0.2, 0.25) is 0 Å². The van der Waals surface area contributed by atoms with Crippen molar-refractivity contribution in [1.29, 1.82) is 0 Å². The largest absolute Gasteiger partial charge is 0.324 e. The second-order valence-corrected chi connectivity index (χ2v) is 6.97. The van der Waals surface area contributed by atoms with E-state index in [1.807, 2.05) is 4.57 Å². The molecule has 1 aromatic heterocycles. The molecule has 1 fully saturated rings. The van der Waals surface area contributed by atoms with Crippen LogP contribution < -0.4 is 0 Å². The quantitative estimate of drug-likeness (QED) is 0.697. The van der Waals surface area contributed by atoms with Gasteiger partial charge in [-0.2, -0.15) is 0 Å². The van der Waals surface area contributed by atoms with Crippen molar-refractivity contribution in [3.63, 3.8) is 0 Å². The highest BCUT2D eigenvalue weighted by atomic mass is 35.5. The Kier molecular flexibility index (Phi) is 3.68. The molecule has 1 aliphatic carbocycles. The van der Waals surface area contributed by atoms with Gasteiger partial charge in [-0.3, -0.25) is 0 Å². The molecule has 0 aliphatic heterocycles. The summed E-state index contributed by atoms with van der Waals surface area (Å²) in [6.07, 6.45) is 4.25. The van der Waals surface area contributed by atoms with Gasteiger partial charge in [-0.15, -0.1) is 11.6 Å². The number of rotatable bonds is 2. The van der Waals surface area contributed by atoms with Crippen LogP contribution in [-0.4, -0.2) is 9.55 Å².